The molecule has 1 aromatic carbocycles. The highest BCUT2D eigenvalue weighted by Crippen LogP contribution is 2.24. The zero-order valence-electron chi connectivity index (χ0n) is 15.0. The van der Waals surface area contributed by atoms with Gasteiger partial charge in [-0.05, 0) is 47.0 Å². The number of aromatic nitrogens is 1. The number of likely N-dealkylation sites (N-methyl/N-ethyl adjacent to an activating group) is 1. The number of nitrogens with one attached hydrogen (secondary N) is 1. The Morgan fingerprint density at radius 1 is 1.17 bits per heavy atom. The minimum absolute atomic E-state index is 0.235. The van der Waals surface area contributed by atoms with Crippen molar-refractivity contribution in [2.24, 2.45) is 0 Å². The van der Waals surface area contributed by atoms with Gasteiger partial charge in [0.2, 0.25) is 10.0 Å². The number of sulfonamides is 1. The van der Waals surface area contributed by atoms with Crippen LogP contribution in [0.1, 0.15) is 25.5 Å². The number of rotatable bonds is 6. The van der Waals surface area contributed by atoms with Crippen LogP contribution in [-0.4, -0.2) is 44.5 Å². The molecule has 0 spiro atoms. The summed E-state index contributed by atoms with van der Waals surface area (Å²) in [5.74, 6) is 1.31. The fraction of sp³-hybridized carbons (Fsp3) is 0.471. The van der Waals surface area contributed by atoms with E-state index in [1.54, 1.807) is 31.2 Å². The average Bonchev–Trinajstić information content (AvgIpc) is 2.84. The lowest BCUT2D eigenvalue weighted by Crippen LogP contribution is -2.48. The summed E-state index contributed by atoms with van der Waals surface area (Å²) in [4.78, 5) is 6.54. The van der Waals surface area contributed by atoms with Gasteiger partial charge in [-0.15, -0.1) is 0 Å². The molecule has 2 aromatic rings. The summed E-state index contributed by atoms with van der Waals surface area (Å²) < 4.78 is 33.0. The molecule has 0 amide bonds. The van der Waals surface area contributed by atoms with Crippen LogP contribution < -0.4 is 4.72 Å². The highest BCUT2D eigenvalue weighted by atomic mass is 32.2. The van der Waals surface area contributed by atoms with Crippen LogP contribution in [0.3, 0.4) is 0 Å². The van der Waals surface area contributed by atoms with Gasteiger partial charge in [0.15, 0.2) is 5.89 Å². The second-order valence-electron chi connectivity index (χ2n) is 6.69. The van der Waals surface area contributed by atoms with Gasteiger partial charge < -0.3 is 9.32 Å². The average molecular weight is 351 g/mol. The van der Waals surface area contributed by atoms with Crippen LogP contribution >= 0.6 is 0 Å². The van der Waals surface area contributed by atoms with E-state index in [0.717, 1.165) is 11.3 Å². The summed E-state index contributed by atoms with van der Waals surface area (Å²) in [6, 6.07) is 6.67. The first-order valence-electron chi connectivity index (χ1n) is 7.74. The van der Waals surface area contributed by atoms with Crippen molar-refractivity contribution in [1.29, 1.82) is 0 Å². The van der Waals surface area contributed by atoms with Crippen LogP contribution in [0.5, 0.6) is 0 Å². The highest BCUT2D eigenvalue weighted by molar-refractivity contribution is 7.89. The monoisotopic (exact) mass is 351 g/mol. The van der Waals surface area contributed by atoms with Crippen molar-refractivity contribution >= 4 is 10.0 Å². The van der Waals surface area contributed by atoms with Crippen LogP contribution in [0.15, 0.2) is 33.6 Å². The van der Waals surface area contributed by atoms with E-state index in [-0.39, 0.29) is 10.4 Å². The maximum Gasteiger partial charge on any atom is 0.240 e. The van der Waals surface area contributed by atoms with Gasteiger partial charge in [-0.3, -0.25) is 0 Å². The first-order valence-corrected chi connectivity index (χ1v) is 9.23. The Bertz CT molecular complexity index is 806. The summed E-state index contributed by atoms with van der Waals surface area (Å²) in [5.41, 5.74) is 1.29. The van der Waals surface area contributed by atoms with E-state index < -0.39 is 10.0 Å². The van der Waals surface area contributed by atoms with Crippen LogP contribution in [0.4, 0.5) is 0 Å². The molecule has 0 atom stereocenters. The SMILES string of the molecule is Cc1nc(-c2ccc(S(=O)(=O)NCC(C)(C)N(C)C)cc2)c(C)o1. The van der Waals surface area contributed by atoms with Crippen LogP contribution in [0.25, 0.3) is 11.3 Å². The van der Waals surface area contributed by atoms with E-state index in [4.69, 9.17) is 4.42 Å². The molecule has 2 rings (SSSR count). The topological polar surface area (TPSA) is 75.4 Å². The minimum atomic E-state index is -3.55. The van der Waals surface area contributed by atoms with E-state index in [0.29, 0.717) is 18.2 Å². The molecule has 24 heavy (non-hydrogen) atoms. The highest BCUT2D eigenvalue weighted by Gasteiger charge is 2.24. The van der Waals surface area contributed by atoms with E-state index in [1.165, 1.54) is 0 Å². The lowest BCUT2D eigenvalue weighted by atomic mass is 10.1. The van der Waals surface area contributed by atoms with Gasteiger partial charge in [0.05, 0.1) is 4.90 Å². The second kappa shape index (κ2) is 6.66. The van der Waals surface area contributed by atoms with Crippen molar-refractivity contribution in [2.75, 3.05) is 20.6 Å². The Labute approximate surface area is 143 Å². The molecule has 0 unspecified atom stereocenters. The number of oxazole rings is 1. The summed E-state index contributed by atoms with van der Waals surface area (Å²) in [7, 11) is 0.293. The predicted molar refractivity (Wildman–Crippen MR) is 94.4 cm³/mol. The summed E-state index contributed by atoms with van der Waals surface area (Å²) in [6.45, 7) is 7.91. The van der Waals surface area contributed by atoms with E-state index >= 15 is 0 Å². The molecule has 0 saturated carbocycles. The molecular formula is C17H25N3O3S. The molecule has 7 heteroatoms. The van der Waals surface area contributed by atoms with E-state index in [9.17, 15) is 8.42 Å². The predicted octanol–water partition coefficient (Wildman–Crippen LogP) is 2.58. The third-order valence-electron chi connectivity index (χ3n) is 4.25. The number of benzene rings is 1. The standard InChI is InChI=1S/C17H25N3O3S/c1-12-16(19-13(2)23-12)14-7-9-15(10-8-14)24(21,22)18-11-17(3,4)20(5)6/h7-10,18H,11H2,1-6H3. The molecule has 1 heterocycles. The van der Waals surface area contributed by atoms with Crippen molar-refractivity contribution in [3.05, 3.63) is 35.9 Å². The van der Waals surface area contributed by atoms with Crippen molar-refractivity contribution < 1.29 is 12.8 Å². The van der Waals surface area contributed by atoms with E-state index in [2.05, 4.69) is 9.71 Å². The van der Waals surface area contributed by atoms with Gasteiger partial charge in [-0.2, -0.15) is 0 Å². The third kappa shape index (κ3) is 4.03. The molecule has 132 valence electrons. The maximum atomic E-state index is 12.5. The van der Waals surface area contributed by atoms with Crippen molar-refractivity contribution in [3.63, 3.8) is 0 Å². The molecule has 6 nitrogen and oxygen atoms in total. The molecule has 1 N–H and O–H groups in total. The van der Waals surface area contributed by atoms with Crippen LogP contribution in [0.2, 0.25) is 0 Å². The van der Waals surface area contributed by atoms with Gasteiger partial charge in [-0.1, -0.05) is 12.1 Å². The Morgan fingerprint density at radius 2 is 1.75 bits per heavy atom. The van der Waals surface area contributed by atoms with Crippen molar-refractivity contribution in [1.82, 2.24) is 14.6 Å². The molecule has 0 aliphatic heterocycles. The van der Waals surface area contributed by atoms with Gasteiger partial charge in [0, 0.05) is 24.6 Å². The summed E-state index contributed by atoms with van der Waals surface area (Å²) in [6.07, 6.45) is 0. The Hall–Kier alpha value is -1.70. The number of aryl methyl sites for hydroxylation is 2. The summed E-state index contributed by atoms with van der Waals surface area (Å²) in [5, 5.41) is 0. The molecule has 0 fully saturated rings. The minimum Gasteiger partial charge on any atom is -0.446 e. The van der Waals surface area contributed by atoms with Gasteiger partial charge in [0.25, 0.3) is 0 Å². The Kier molecular flexibility index (Phi) is 5.17. The fourth-order valence-corrected chi connectivity index (χ4v) is 3.31. The molecule has 0 radical (unpaired) electrons. The lowest BCUT2D eigenvalue weighted by Gasteiger charge is -2.32. The third-order valence-corrected chi connectivity index (χ3v) is 5.66. The zero-order valence-corrected chi connectivity index (χ0v) is 15.9. The Balaban J connectivity index is 2.19. The first-order chi connectivity index (χ1) is 11.0. The van der Waals surface area contributed by atoms with E-state index in [1.807, 2.05) is 39.8 Å². The smallest absolute Gasteiger partial charge is 0.240 e. The Morgan fingerprint density at radius 3 is 2.21 bits per heavy atom. The van der Waals surface area contributed by atoms with Crippen molar-refractivity contribution in [3.8, 4) is 11.3 Å². The molecule has 0 aliphatic carbocycles. The molecule has 0 bridgehead atoms. The zero-order chi connectivity index (χ0) is 18.1. The summed E-state index contributed by atoms with van der Waals surface area (Å²) >= 11 is 0. The number of nitrogens with zero attached hydrogens (tertiary/aromatic N) is 2. The van der Waals surface area contributed by atoms with Crippen LogP contribution in [0, 0.1) is 13.8 Å². The molecular weight excluding hydrogens is 326 g/mol. The second-order valence-corrected chi connectivity index (χ2v) is 8.46. The normalized spacial score (nSPS) is 12.8. The number of hydrogen-bond acceptors (Lipinski definition) is 5. The number of hydrogen-bond donors (Lipinski definition) is 1. The molecule has 0 saturated heterocycles. The maximum absolute atomic E-state index is 12.5. The van der Waals surface area contributed by atoms with Gasteiger partial charge in [0.1, 0.15) is 11.5 Å². The molecule has 0 aliphatic rings. The van der Waals surface area contributed by atoms with Crippen molar-refractivity contribution in [2.45, 2.75) is 38.1 Å². The lowest BCUT2D eigenvalue weighted by molar-refractivity contribution is 0.199. The van der Waals surface area contributed by atoms with Gasteiger partial charge >= 0.3 is 0 Å². The van der Waals surface area contributed by atoms with Gasteiger partial charge in [-0.25, -0.2) is 18.1 Å². The molecule has 1 aromatic heterocycles. The fourth-order valence-electron chi connectivity index (χ4n) is 2.10. The van der Waals surface area contributed by atoms with Crippen LogP contribution in [-0.2, 0) is 10.0 Å². The first kappa shape index (κ1) is 18.6. The quantitative estimate of drug-likeness (QED) is 0.866. The largest absolute Gasteiger partial charge is 0.446 e.